The van der Waals surface area contributed by atoms with Gasteiger partial charge in [0.1, 0.15) is 5.82 Å². The van der Waals surface area contributed by atoms with E-state index in [-0.39, 0.29) is 16.8 Å². The van der Waals surface area contributed by atoms with Gasteiger partial charge in [0.25, 0.3) is 0 Å². The zero-order valence-corrected chi connectivity index (χ0v) is 18.6. The van der Waals surface area contributed by atoms with Gasteiger partial charge in [-0.05, 0) is 50.8 Å². The Morgan fingerprint density at radius 1 is 1.28 bits per heavy atom. The number of rotatable bonds is 10. The fourth-order valence-electron chi connectivity index (χ4n) is 3.84. The predicted molar refractivity (Wildman–Crippen MR) is 114 cm³/mol. The number of imidazole rings is 1. The lowest BCUT2D eigenvalue weighted by molar-refractivity contribution is -0.121. The average molecular weight is 421 g/mol. The van der Waals surface area contributed by atoms with E-state index in [2.05, 4.69) is 21.8 Å². The summed E-state index contributed by atoms with van der Waals surface area (Å²) in [4.78, 5) is 17.2. The number of hydrogen-bond donors (Lipinski definition) is 1. The van der Waals surface area contributed by atoms with Crippen LogP contribution in [0.3, 0.4) is 0 Å². The lowest BCUT2D eigenvalue weighted by Gasteiger charge is -2.18. The van der Waals surface area contributed by atoms with Crippen molar-refractivity contribution >= 4 is 27.0 Å². The highest BCUT2D eigenvalue weighted by Crippen LogP contribution is 2.32. The van der Waals surface area contributed by atoms with Crippen molar-refractivity contribution in [2.24, 2.45) is 5.92 Å². The van der Waals surface area contributed by atoms with Crippen molar-refractivity contribution in [2.45, 2.75) is 70.9 Å². The number of benzene rings is 1. The maximum atomic E-state index is 12.8. The third-order valence-corrected chi connectivity index (χ3v) is 7.80. The second-order valence-corrected chi connectivity index (χ2v) is 9.64. The summed E-state index contributed by atoms with van der Waals surface area (Å²) in [5, 5.41) is 3.08. The molecule has 1 aromatic carbocycles. The van der Waals surface area contributed by atoms with Crippen molar-refractivity contribution in [2.75, 3.05) is 13.1 Å². The Bertz CT molecular complexity index is 975. The van der Waals surface area contributed by atoms with E-state index in [9.17, 15) is 13.2 Å². The molecule has 1 amide bonds. The van der Waals surface area contributed by atoms with Gasteiger partial charge in [-0.2, -0.15) is 4.31 Å². The van der Waals surface area contributed by atoms with Crippen LogP contribution in [0.4, 0.5) is 0 Å². The summed E-state index contributed by atoms with van der Waals surface area (Å²) in [6.07, 6.45) is 3.31. The minimum Gasteiger partial charge on any atom is -0.353 e. The summed E-state index contributed by atoms with van der Waals surface area (Å²) < 4.78 is 29.1. The van der Waals surface area contributed by atoms with Crippen LogP contribution in [0, 0.1) is 5.92 Å². The zero-order chi connectivity index (χ0) is 21.2. The van der Waals surface area contributed by atoms with Crippen molar-refractivity contribution in [3.63, 3.8) is 0 Å². The second kappa shape index (κ2) is 8.83. The Morgan fingerprint density at radius 3 is 2.55 bits per heavy atom. The Morgan fingerprint density at radius 2 is 1.97 bits per heavy atom. The molecule has 0 bridgehead atoms. The summed E-state index contributed by atoms with van der Waals surface area (Å²) >= 11 is 0. The number of aromatic nitrogens is 2. The second-order valence-electron chi connectivity index (χ2n) is 7.71. The van der Waals surface area contributed by atoms with Crippen LogP contribution in [-0.2, 0) is 27.8 Å². The molecular formula is C21H32N4O3S. The first-order valence-corrected chi connectivity index (χ1v) is 12.0. The number of sulfonamides is 1. The van der Waals surface area contributed by atoms with Gasteiger partial charge in [-0.25, -0.2) is 13.4 Å². The topological polar surface area (TPSA) is 84.3 Å². The molecule has 8 heteroatoms. The summed E-state index contributed by atoms with van der Waals surface area (Å²) in [6.45, 7) is 9.33. The minimum absolute atomic E-state index is 0.0453. The summed E-state index contributed by atoms with van der Waals surface area (Å²) in [5.74, 6) is 1.49. The monoisotopic (exact) mass is 420 g/mol. The van der Waals surface area contributed by atoms with Crippen LogP contribution in [0.15, 0.2) is 23.1 Å². The van der Waals surface area contributed by atoms with E-state index in [0.29, 0.717) is 43.9 Å². The standard InChI is InChI=1S/C21H32N4O3S/c1-5-24(6-2)29(27,28)17-10-11-19-18(14-17)23-20(25(19)7-3)12-13-21(26)22-15(4)16-8-9-16/h10-11,14-16H,5-9,12-13H2,1-4H3,(H,22,26). The van der Waals surface area contributed by atoms with Crippen LogP contribution in [0.1, 0.15) is 52.8 Å². The van der Waals surface area contributed by atoms with Crippen LogP contribution in [0.2, 0.25) is 0 Å². The smallest absolute Gasteiger partial charge is 0.243 e. The summed E-state index contributed by atoms with van der Waals surface area (Å²) in [5.41, 5.74) is 1.55. The van der Waals surface area contributed by atoms with Crippen molar-refractivity contribution in [3.05, 3.63) is 24.0 Å². The van der Waals surface area contributed by atoms with Gasteiger partial charge in [-0.1, -0.05) is 13.8 Å². The molecule has 0 spiro atoms. The van der Waals surface area contributed by atoms with Crippen LogP contribution >= 0.6 is 0 Å². The van der Waals surface area contributed by atoms with Gasteiger partial charge in [-0.15, -0.1) is 0 Å². The van der Waals surface area contributed by atoms with Gasteiger partial charge in [0.15, 0.2) is 0 Å². The molecule has 0 radical (unpaired) electrons. The quantitative estimate of drug-likeness (QED) is 0.640. The van der Waals surface area contributed by atoms with Crippen LogP contribution in [0.5, 0.6) is 0 Å². The van der Waals surface area contributed by atoms with Crippen molar-refractivity contribution in [1.82, 2.24) is 19.2 Å². The molecule has 3 rings (SSSR count). The zero-order valence-electron chi connectivity index (χ0n) is 17.8. The number of aryl methyl sites for hydroxylation is 2. The molecule has 1 fully saturated rings. The van der Waals surface area contributed by atoms with Crippen molar-refractivity contribution in [3.8, 4) is 0 Å². The third-order valence-electron chi connectivity index (χ3n) is 5.75. The Labute approximate surface area is 173 Å². The molecule has 1 heterocycles. The molecule has 1 aliphatic rings. The predicted octanol–water partition coefficient (Wildman–Crippen LogP) is 2.93. The first-order chi connectivity index (χ1) is 13.8. The van der Waals surface area contributed by atoms with Crippen LogP contribution < -0.4 is 5.32 Å². The average Bonchev–Trinajstić information content (AvgIpc) is 3.48. The molecular weight excluding hydrogens is 388 g/mol. The highest BCUT2D eigenvalue weighted by Gasteiger charge is 2.29. The first-order valence-electron chi connectivity index (χ1n) is 10.6. The lowest BCUT2D eigenvalue weighted by Crippen LogP contribution is -2.34. The van der Waals surface area contributed by atoms with E-state index in [1.165, 1.54) is 17.1 Å². The normalized spacial score (nSPS) is 15.8. The fourth-order valence-corrected chi connectivity index (χ4v) is 5.32. The SMILES string of the molecule is CCN(CC)S(=O)(=O)c1ccc2c(c1)nc(CCC(=O)NC(C)C1CC1)n2CC. The molecule has 1 N–H and O–H groups in total. The molecule has 1 aromatic heterocycles. The Balaban J connectivity index is 1.80. The van der Waals surface area contributed by atoms with E-state index >= 15 is 0 Å². The molecule has 1 aliphatic carbocycles. The molecule has 7 nitrogen and oxygen atoms in total. The molecule has 0 saturated heterocycles. The van der Waals surface area contributed by atoms with E-state index < -0.39 is 10.0 Å². The molecule has 2 aromatic rings. The van der Waals surface area contributed by atoms with E-state index in [1.54, 1.807) is 12.1 Å². The highest BCUT2D eigenvalue weighted by atomic mass is 32.2. The maximum absolute atomic E-state index is 12.8. The van der Waals surface area contributed by atoms with Crippen molar-refractivity contribution in [1.29, 1.82) is 0 Å². The van der Waals surface area contributed by atoms with Gasteiger partial charge in [0.05, 0.1) is 15.9 Å². The number of nitrogens with one attached hydrogen (secondary N) is 1. The number of amides is 1. The van der Waals surface area contributed by atoms with Crippen LogP contribution in [0.25, 0.3) is 11.0 Å². The molecule has 29 heavy (non-hydrogen) atoms. The number of carbonyl (C=O) groups excluding carboxylic acids is 1. The van der Waals surface area contributed by atoms with Gasteiger partial charge in [0, 0.05) is 38.5 Å². The van der Waals surface area contributed by atoms with Gasteiger partial charge in [0.2, 0.25) is 15.9 Å². The van der Waals surface area contributed by atoms with Gasteiger partial charge in [-0.3, -0.25) is 4.79 Å². The molecule has 160 valence electrons. The lowest BCUT2D eigenvalue weighted by atomic mass is 10.2. The number of hydrogen-bond acceptors (Lipinski definition) is 4. The number of nitrogens with zero attached hydrogens (tertiary/aromatic N) is 3. The van der Waals surface area contributed by atoms with Crippen molar-refractivity contribution < 1.29 is 13.2 Å². The van der Waals surface area contributed by atoms with Crippen LogP contribution in [-0.4, -0.2) is 47.3 Å². The largest absolute Gasteiger partial charge is 0.353 e. The minimum atomic E-state index is -3.52. The Hall–Kier alpha value is -1.93. The fraction of sp³-hybridized carbons (Fsp3) is 0.619. The van der Waals surface area contributed by atoms with E-state index in [4.69, 9.17) is 0 Å². The van der Waals surface area contributed by atoms with E-state index in [1.807, 2.05) is 26.8 Å². The highest BCUT2D eigenvalue weighted by molar-refractivity contribution is 7.89. The molecule has 1 atom stereocenters. The number of carbonyl (C=O) groups is 1. The molecule has 1 saturated carbocycles. The molecule has 0 aliphatic heterocycles. The molecule has 1 unspecified atom stereocenters. The first kappa shape index (κ1) is 21.8. The van der Waals surface area contributed by atoms with Gasteiger partial charge < -0.3 is 9.88 Å². The summed E-state index contributed by atoms with van der Waals surface area (Å²) in [7, 11) is -3.52. The Kier molecular flexibility index (Phi) is 6.63. The maximum Gasteiger partial charge on any atom is 0.243 e. The van der Waals surface area contributed by atoms with Gasteiger partial charge >= 0.3 is 0 Å². The third kappa shape index (κ3) is 4.64. The van der Waals surface area contributed by atoms with E-state index in [0.717, 1.165) is 11.3 Å². The summed E-state index contributed by atoms with van der Waals surface area (Å²) in [6, 6.07) is 5.35. The number of fused-ring (bicyclic) bond motifs is 1.